The standard InChI is InChI=1S/C27H28F7NO4S/c1-39-21-8-5-9-22(16-21)40(37,38)24(14-15-35(17-24)23(36)18-6-3-2-4-7-18)19-10-12-20(13-11-19)25(28,26(29,30)31)27(32,33)34/h5,8-13,16,18H,2-4,6-7,14-15,17H2,1H3. The monoisotopic (exact) mass is 595 g/mol. The number of likely N-dealkylation sites (tertiary alicyclic amines) is 1. The minimum atomic E-state index is -6.31. The van der Waals surface area contributed by atoms with Gasteiger partial charge in [0.2, 0.25) is 5.91 Å². The second kappa shape index (κ2) is 10.5. The zero-order chi connectivity index (χ0) is 29.6. The Morgan fingerprint density at radius 2 is 1.52 bits per heavy atom. The Kier molecular flexibility index (Phi) is 7.94. The van der Waals surface area contributed by atoms with Crippen LogP contribution in [0.15, 0.2) is 53.4 Å². The number of ether oxygens (including phenoxy) is 1. The van der Waals surface area contributed by atoms with E-state index in [9.17, 15) is 43.9 Å². The molecule has 0 spiro atoms. The van der Waals surface area contributed by atoms with Crippen LogP contribution >= 0.6 is 0 Å². The summed E-state index contributed by atoms with van der Waals surface area (Å²) in [6.45, 7) is -0.348. The van der Waals surface area contributed by atoms with Gasteiger partial charge >= 0.3 is 18.0 Å². The van der Waals surface area contributed by atoms with Gasteiger partial charge in [0.25, 0.3) is 0 Å². The maximum Gasteiger partial charge on any atom is 0.435 e. The summed E-state index contributed by atoms with van der Waals surface area (Å²) < 4.78 is 126. The molecule has 4 rings (SSSR count). The van der Waals surface area contributed by atoms with Gasteiger partial charge in [-0.1, -0.05) is 49.6 Å². The van der Waals surface area contributed by atoms with E-state index in [0.717, 1.165) is 31.4 Å². The van der Waals surface area contributed by atoms with Gasteiger partial charge < -0.3 is 9.64 Å². The Hall–Kier alpha value is -2.83. The minimum absolute atomic E-state index is 0.0123. The zero-order valence-electron chi connectivity index (χ0n) is 21.5. The number of sulfone groups is 1. The van der Waals surface area contributed by atoms with E-state index in [1.807, 2.05) is 0 Å². The largest absolute Gasteiger partial charge is 0.497 e. The normalized spacial score (nSPS) is 21.4. The van der Waals surface area contributed by atoms with Gasteiger partial charge in [-0.15, -0.1) is 0 Å². The zero-order valence-corrected chi connectivity index (χ0v) is 22.3. The number of hydrogen-bond donors (Lipinski definition) is 0. The van der Waals surface area contributed by atoms with E-state index in [1.165, 1.54) is 36.3 Å². The lowest BCUT2D eigenvalue weighted by atomic mass is 9.88. The SMILES string of the molecule is COc1cccc(S(=O)(=O)C2(c3ccc(C(F)(C(F)(F)F)C(F)(F)F)cc3)CCN(C(=O)C3CCCCC3)C2)c1. The van der Waals surface area contributed by atoms with Crippen molar-refractivity contribution in [3.8, 4) is 5.75 Å². The first kappa shape index (κ1) is 30.1. The molecule has 0 aromatic heterocycles. The fourth-order valence-corrected chi connectivity index (χ4v) is 7.79. The summed E-state index contributed by atoms with van der Waals surface area (Å²) in [6, 6.07) is 7.63. The van der Waals surface area contributed by atoms with Crippen molar-refractivity contribution in [2.45, 2.75) is 66.2 Å². The Labute approximate surface area is 227 Å². The molecule has 1 aliphatic carbocycles. The van der Waals surface area contributed by atoms with Gasteiger partial charge in [-0.3, -0.25) is 4.79 Å². The van der Waals surface area contributed by atoms with Crippen LogP contribution in [0.5, 0.6) is 5.75 Å². The number of halogens is 7. The topological polar surface area (TPSA) is 63.7 Å². The third-order valence-electron chi connectivity index (χ3n) is 7.95. The van der Waals surface area contributed by atoms with Gasteiger partial charge in [-0.2, -0.15) is 26.3 Å². The Bertz CT molecular complexity index is 1320. The smallest absolute Gasteiger partial charge is 0.435 e. The van der Waals surface area contributed by atoms with Crippen molar-refractivity contribution in [2.24, 2.45) is 5.92 Å². The number of nitrogens with zero attached hydrogens (tertiary/aromatic N) is 1. The van der Waals surface area contributed by atoms with Crippen LogP contribution in [0.2, 0.25) is 0 Å². The van der Waals surface area contributed by atoms with Crippen LogP contribution < -0.4 is 4.74 Å². The summed E-state index contributed by atoms with van der Waals surface area (Å²) in [4.78, 5) is 14.5. The van der Waals surface area contributed by atoms with Crippen molar-refractivity contribution in [1.82, 2.24) is 4.90 Å². The van der Waals surface area contributed by atoms with Gasteiger partial charge in [-0.05, 0) is 43.0 Å². The lowest BCUT2D eigenvalue weighted by Gasteiger charge is -2.33. The molecule has 1 heterocycles. The number of rotatable bonds is 6. The highest BCUT2D eigenvalue weighted by atomic mass is 32.2. The van der Waals surface area contributed by atoms with E-state index in [4.69, 9.17) is 4.74 Å². The molecule has 2 fully saturated rings. The van der Waals surface area contributed by atoms with Gasteiger partial charge in [0.1, 0.15) is 10.5 Å². The number of hydrogen-bond acceptors (Lipinski definition) is 4. The molecule has 2 aromatic rings. The van der Waals surface area contributed by atoms with E-state index in [-0.39, 0.29) is 47.5 Å². The van der Waals surface area contributed by atoms with E-state index in [0.29, 0.717) is 25.0 Å². The molecule has 40 heavy (non-hydrogen) atoms. The lowest BCUT2D eigenvalue weighted by molar-refractivity contribution is -0.348. The molecule has 1 saturated carbocycles. The fourth-order valence-electron chi connectivity index (χ4n) is 5.67. The Morgan fingerprint density at radius 1 is 0.925 bits per heavy atom. The number of alkyl halides is 7. The summed E-state index contributed by atoms with van der Waals surface area (Å²) in [7, 11) is -3.08. The summed E-state index contributed by atoms with van der Waals surface area (Å²) >= 11 is 0. The minimum Gasteiger partial charge on any atom is -0.497 e. The molecular formula is C27H28F7NO4S. The molecule has 0 bridgehead atoms. The fraction of sp³-hybridized carbons (Fsp3) is 0.519. The molecule has 1 unspecified atom stereocenters. The highest BCUT2D eigenvalue weighted by molar-refractivity contribution is 7.92. The molecular weight excluding hydrogens is 567 g/mol. The lowest BCUT2D eigenvalue weighted by Crippen LogP contribution is -2.50. The van der Waals surface area contributed by atoms with Crippen LogP contribution in [-0.2, 0) is 25.0 Å². The van der Waals surface area contributed by atoms with Crippen LogP contribution in [0.1, 0.15) is 49.7 Å². The number of carbonyl (C=O) groups excluding carboxylic acids is 1. The highest BCUT2D eigenvalue weighted by Gasteiger charge is 2.73. The average molecular weight is 596 g/mol. The summed E-state index contributed by atoms with van der Waals surface area (Å²) in [6.07, 6.45) is -8.81. The second-order valence-electron chi connectivity index (χ2n) is 10.3. The van der Waals surface area contributed by atoms with E-state index in [1.54, 1.807) is 0 Å². The quantitative estimate of drug-likeness (QED) is 0.360. The predicted octanol–water partition coefficient (Wildman–Crippen LogP) is 6.47. The van der Waals surface area contributed by atoms with Crippen LogP contribution in [0.4, 0.5) is 30.7 Å². The van der Waals surface area contributed by atoms with Crippen molar-refractivity contribution < 1.29 is 48.7 Å². The van der Waals surface area contributed by atoms with Gasteiger partial charge in [-0.25, -0.2) is 12.8 Å². The van der Waals surface area contributed by atoms with Crippen molar-refractivity contribution in [1.29, 1.82) is 0 Å². The van der Waals surface area contributed by atoms with Crippen LogP contribution in [-0.4, -0.2) is 51.8 Å². The van der Waals surface area contributed by atoms with Crippen molar-refractivity contribution in [2.75, 3.05) is 20.2 Å². The van der Waals surface area contributed by atoms with Crippen LogP contribution in [0.3, 0.4) is 0 Å². The molecule has 0 radical (unpaired) electrons. The van der Waals surface area contributed by atoms with Gasteiger partial charge in [0.15, 0.2) is 9.84 Å². The van der Waals surface area contributed by atoms with E-state index in [2.05, 4.69) is 0 Å². The molecule has 5 nitrogen and oxygen atoms in total. The van der Waals surface area contributed by atoms with Crippen molar-refractivity contribution in [3.05, 3.63) is 59.7 Å². The number of benzene rings is 2. The maximum absolute atomic E-state index is 14.7. The maximum atomic E-state index is 14.7. The first-order valence-corrected chi connectivity index (χ1v) is 14.2. The van der Waals surface area contributed by atoms with E-state index < -0.39 is 38.2 Å². The third-order valence-corrected chi connectivity index (χ3v) is 10.4. The first-order chi connectivity index (χ1) is 18.6. The molecule has 2 aliphatic rings. The molecule has 1 aliphatic heterocycles. The number of methoxy groups -OCH3 is 1. The summed E-state index contributed by atoms with van der Waals surface area (Å²) in [5, 5.41) is 0. The highest BCUT2D eigenvalue weighted by Crippen LogP contribution is 2.54. The average Bonchev–Trinajstić information content (AvgIpc) is 3.39. The Morgan fingerprint density at radius 3 is 2.08 bits per heavy atom. The first-order valence-electron chi connectivity index (χ1n) is 12.7. The van der Waals surface area contributed by atoms with E-state index >= 15 is 0 Å². The number of amides is 1. The van der Waals surface area contributed by atoms with Crippen LogP contribution in [0, 0.1) is 5.92 Å². The third kappa shape index (κ3) is 4.94. The van der Waals surface area contributed by atoms with Crippen molar-refractivity contribution in [3.63, 3.8) is 0 Å². The molecule has 1 amide bonds. The molecule has 13 heteroatoms. The molecule has 220 valence electrons. The summed E-state index contributed by atoms with van der Waals surface area (Å²) in [5.74, 6) is -0.328. The number of carbonyl (C=O) groups is 1. The summed E-state index contributed by atoms with van der Waals surface area (Å²) in [5.41, 5.74) is -7.53. The predicted molar refractivity (Wildman–Crippen MR) is 131 cm³/mol. The second-order valence-corrected chi connectivity index (χ2v) is 12.5. The molecule has 0 N–H and O–H groups in total. The Balaban J connectivity index is 1.81. The molecule has 1 saturated heterocycles. The van der Waals surface area contributed by atoms with Gasteiger partial charge in [0.05, 0.1) is 12.0 Å². The van der Waals surface area contributed by atoms with Gasteiger partial charge in [0, 0.05) is 24.6 Å². The van der Waals surface area contributed by atoms with Crippen LogP contribution in [0.25, 0.3) is 0 Å². The molecule has 1 atom stereocenters. The van der Waals surface area contributed by atoms with Crippen molar-refractivity contribution >= 4 is 15.7 Å². The molecule has 2 aromatic carbocycles.